The van der Waals surface area contributed by atoms with Gasteiger partial charge in [0.05, 0.1) is 7.11 Å². The zero-order valence-corrected chi connectivity index (χ0v) is 15.3. The smallest absolute Gasteiger partial charge is 0.335 e. The van der Waals surface area contributed by atoms with Crippen molar-refractivity contribution in [3.05, 3.63) is 95.6 Å². The second-order valence-corrected chi connectivity index (χ2v) is 6.53. The van der Waals surface area contributed by atoms with Gasteiger partial charge in [-0.1, -0.05) is 48.5 Å². The molecule has 0 saturated heterocycles. The van der Waals surface area contributed by atoms with Gasteiger partial charge in [-0.05, 0) is 35.9 Å². The zero-order valence-electron chi connectivity index (χ0n) is 15.3. The molecule has 0 spiro atoms. The molecule has 1 aliphatic heterocycles. The Balaban J connectivity index is 1.77. The van der Waals surface area contributed by atoms with E-state index in [4.69, 9.17) is 9.47 Å². The molecular formula is C23H19NO4. The van der Waals surface area contributed by atoms with E-state index >= 15 is 0 Å². The summed E-state index contributed by atoms with van der Waals surface area (Å²) in [6.45, 7) is 0. The maximum Gasteiger partial charge on any atom is 0.335 e. The van der Waals surface area contributed by atoms with Crippen molar-refractivity contribution >= 4 is 11.9 Å². The Kier molecular flexibility index (Phi) is 4.81. The van der Waals surface area contributed by atoms with Crippen LogP contribution in [0.3, 0.4) is 0 Å². The van der Waals surface area contributed by atoms with Crippen LogP contribution in [0.25, 0.3) is 0 Å². The van der Waals surface area contributed by atoms with Crippen LogP contribution in [0, 0.1) is 0 Å². The number of methoxy groups -OCH3 is 1. The SMILES string of the molecule is COc1ccc2c(c1)[C@H](c1ccccc1)[C@H](NC(=O)c1ccccc1)C(=O)O2. The van der Waals surface area contributed by atoms with Gasteiger partial charge in [-0.2, -0.15) is 0 Å². The number of hydrogen-bond donors (Lipinski definition) is 1. The normalized spacial score (nSPS) is 18.0. The van der Waals surface area contributed by atoms with Crippen LogP contribution in [0.4, 0.5) is 0 Å². The molecule has 140 valence electrons. The summed E-state index contributed by atoms with van der Waals surface area (Å²) in [4.78, 5) is 25.5. The predicted octanol–water partition coefficient (Wildman–Crippen LogP) is 3.54. The largest absolute Gasteiger partial charge is 0.497 e. The Hall–Kier alpha value is -3.60. The van der Waals surface area contributed by atoms with Crippen LogP contribution in [0.1, 0.15) is 27.4 Å². The standard InChI is InChI=1S/C23H19NO4/c1-27-17-12-13-19-18(14-17)20(15-8-4-2-5-9-15)21(23(26)28-19)24-22(25)16-10-6-3-7-11-16/h2-14,20-21H,1H3,(H,24,25)/t20-,21-/m0/s1. The highest BCUT2D eigenvalue weighted by Crippen LogP contribution is 2.40. The first kappa shape index (κ1) is 17.8. The van der Waals surface area contributed by atoms with E-state index in [1.165, 1.54) is 0 Å². The summed E-state index contributed by atoms with van der Waals surface area (Å²) in [6.07, 6.45) is 0. The highest BCUT2D eigenvalue weighted by atomic mass is 16.5. The molecule has 1 amide bonds. The number of esters is 1. The Labute approximate surface area is 162 Å². The third-order valence-electron chi connectivity index (χ3n) is 4.83. The van der Waals surface area contributed by atoms with Crippen LogP contribution >= 0.6 is 0 Å². The van der Waals surface area contributed by atoms with Crippen molar-refractivity contribution in [3.63, 3.8) is 0 Å². The molecule has 3 aromatic carbocycles. The van der Waals surface area contributed by atoms with Crippen molar-refractivity contribution in [1.29, 1.82) is 0 Å². The first-order valence-electron chi connectivity index (χ1n) is 8.98. The van der Waals surface area contributed by atoms with E-state index in [0.717, 1.165) is 11.1 Å². The number of carbonyl (C=O) groups excluding carboxylic acids is 2. The molecule has 1 N–H and O–H groups in total. The summed E-state index contributed by atoms with van der Waals surface area (Å²) in [5, 5.41) is 2.86. The average molecular weight is 373 g/mol. The van der Waals surface area contributed by atoms with Crippen molar-refractivity contribution in [1.82, 2.24) is 5.32 Å². The van der Waals surface area contributed by atoms with E-state index < -0.39 is 12.0 Å². The zero-order chi connectivity index (χ0) is 19.5. The number of carbonyl (C=O) groups is 2. The number of amides is 1. The maximum atomic E-state index is 12.8. The molecule has 0 radical (unpaired) electrons. The predicted molar refractivity (Wildman–Crippen MR) is 105 cm³/mol. The molecule has 1 aliphatic rings. The lowest BCUT2D eigenvalue weighted by atomic mass is 9.82. The molecule has 0 fully saturated rings. The number of fused-ring (bicyclic) bond motifs is 1. The number of rotatable bonds is 4. The molecule has 0 unspecified atom stereocenters. The topological polar surface area (TPSA) is 64.6 Å². The van der Waals surface area contributed by atoms with Gasteiger partial charge in [0.15, 0.2) is 0 Å². The van der Waals surface area contributed by atoms with Gasteiger partial charge in [0.2, 0.25) is 0 Å². The van der Waals surface area contributed by atoms with Gasteiger partial charge in [-0.15, -0.1) is 0 Å². The fraction of sp³-hybridized carbons (Fsp3) is 0.130. The minimum atomic E-state index is -0.852. The summed E-state index contributed by atoms with van der Waals surface area (Å²) in [6, 6.07) is 22.9. The molecule has 0 saturated carbocycles. The van der Waals surface area contributed by atoms with E-state index in [1.807, 2.05) is 42.5 Å². The maximum absolute atomic E-state index is 12.8. The molecule has 5 heteroatoms. The molecule has 4 rings (SSSR count). The molecule has 1 heterocycles. The highest BCUT2D eigenvalue weighted by Gasteiger charge is 2.40. The number of ether oxygens (including phenoxy) is 2. The fourth-order valence-electron chi connectivity index (χ4n) is 3.47. The van der Waals surface area contributed by atoms with Crippen LogP contribution in [-0.2, 0) is 4.79 Å². The van der Waals surface area contributed by atoms with E-state index in [1.54, 1.807) is 43.5 Å². The Morgan fingerprint density at radius 2 is 1.64 bits per heavy atom. The molecule has 5 nitrogen and oxygen atoms in total. The van der Waals surface area contributed by atoms with E-state index in [9.17, 15) is 9.59 Å². The van der Waals surface area contributed by atoms with E-state index in [-0.39, 0.29) is 11.8 Å². The molecule has 0 bridgehead atoms. The molecule has 3 aromatic rings. The van der Waals surface area contributed by atoms with Crippen molar-refractivity contribution in [2.45, 2.75) is 12.0 Å². The van der Waals surface area contributed by atoms with Gasteiger partial charge in [-0.25, -0.2) is 4.79 Å². The molecule has 2 atom stereocenters. The van der Waals surface area contributed by atoms with Gasteiger partial charge < -0.3 is 14.8 Å². The van der Waals surface area contributed by atoms with Gasteiger partial charge in [-0.3, -0.25) is 4.79 Å². The lowest BCUT2D eigenvalue weighted by molar-refractivity contribution is -0.138. The van der Waals surface area contributed by atoms with Crippen molar-refractivity contribution in [3.8, 4) is 11.5 Å². The van der Waals surface area contributed by atoms with Crippen LogP contribution < -0.4 is 14.8 Å². The van der Waals surface area contributed by atoms with Crippen molar-refractivity contribution in [2.24, 2.45) is 0 Å². The summed E-state index contributed by atoms with van der Waals surface area (Å²) >= 11 is 0. The minimum absolute atomic E-state index is 0.324. The summed E-state index contributed by atoms with van der Waals surface area (Å²) in [7, 11) is 1.59. The lowest BCUT2D eigenvalue weighted by Gasteiger charge is -2.33. The molecule has 28 heavy (non-hydrogen) atoms. The quantitative estimate of drug-likeness (QED) is 0.561. The van der Waals surface area contributed by atoms with Gasteiger partial charge in [0, 0.05) is 17.0 Å². The number of nitrogens with one attached hydrogen (secondary N) is 1. The first-order valence-corrected chi connectivity index (χ1v) is 8.98. The van der Waals surface area contributed by atoms with Gasteiger partial charge in [0.1, 0.15) is 17.5 Å². The summed E-state index contributed by atoms with van der Waals surface area (Å²) < 4.78 is 10.9. The van der Waals surface area contributed by atoms with Crippen LogP contribution in [0.2, 0.25) is 0 Å². The average Bonchev–Trinajstić information content (AvgIpc) is 2.75. The monoisotopic (exact) mass is 373 g/mol. The third kappa shape index (κ3) is 3.34. The van der Waals surface area contributed by atoms with Crippen LogP contribution in [0.5, 0.6) is 11.5 Å². The van der Waals surface area contributed by atoms with Gasteiger partial charge in [0.25, 0.3) is 5.91 Å². The van der Waals surface area contributed by atoms with Crippen LogP contribution in [-0.4, -0.2) is 25.0 Å². The Bertz CT molecular complexity index is 1000. The first-order chi connectivity index (χ1) is 13.7. The fourth-order valence-corrected chi connectivity index (χ4v) is 3.47. The van der Waals surface area contributed by atoms with Crippen molar-refractivity contribution < 1.29 is 19.1 Å². The second-order valence-electron chi connectivity index (χ2n) is 6.53. The minimum Gasteiger partial charge on any atom is -0.497 e. The molecule has 0 aromatic heterocycles. The van der Waals surface area contributed by atoms with Gasteiger partial charge >= 0.3 is 5.97 Å². The highest BCUT2D eigenvalue weighted by molar-refractivity contribution is 5.98. The van der Waals surface area contributed by atoms with Crippen LogP contribution in [0.15, 0.2) is 78.9 Å². The number of benzene rings is 3. The summed E-state index contributed by atoms with van der Waals surface area (Å²) in [5.41, 5.74) is 2.19. The van der Waals surface area contributed by atoms with E-state index in [0.29, 0.717) is 17.1 Å². The summed E-state index contributed by atoms with van der Waals surface area (Å²) in [5.74, 6) is -0.0681. The Morgan fingerprint density at radius 3 is 2.32 bits per heavy atom. The Morgan fingerprint density at radius 1 is 0.964 bits per heavy atom. The number of hydrogen-bond acceptors (Lipinski definition) is 4. The molecular weight excluding hydrogens is 354 g/mol. The van der Waals surface area contributed by atoms with Crippen molar-refractivity contribution in [2.75, 3.05) is 7.11 Å². The van der Waals surface area contributed by atoms with E-state index in [2.05, 4.69) is 5.32 Å². The molecule has 0 aliphatic carbocycles. The third-order valence-corrected chi connectivity index (χ3v) is 4.83. The second kappa shape index (κ2) is 7.56. The lowest BCUT2D eigenvalue weighted by Crippen LogP contribution is -2.49.